The smallest absolute Gasteiger partial charge is 0.246 e. The summed E-state index contributed by atoms with van der Waals surface area (Å²) in [6, 6.07) is 9.89. The minimum atomic E-state index is -3.02. The van der Waals surface area contributed by atoms with Gasteiger partial charge in [-0.2, -0.15) is 0 Å². The lowest BCUT2D eigenvalue weighted by Gasteiger charge is -2.25. The molecule has 1 aromatic carbocycles. The van der Waals surface area contributed by atoms with Crippen LogP contribution in [0.4, 0.5) is 4.39 Å². The van der Waals surface area contributed by atoms with Crippen molar-refractivity contribution < 1.29 is 17.6 Å². The zero-order chi connectivity index (χ0) is 18.7. The Labute approximate surface area is 156 Å². The standard InChI is InChI=1S/C19H20FNO3S2/c1-2-21(16-11-12-26(23,24)13-16)19(22)10-8-17-7-9-18(25-17)14-3-5-15(20)6-4-14/h3-10,16H,2,11-13H2,1H3. The van der Waals surface area contributed by atoms with Gasteiger partial charge in [-0.3, -0.25) is 4.79 Å². The predicted molar refractivity (Wildman–Crippen MR) is 103 cm³/mol. The third-order valence-electron chi connectivity index (χ3n) is 4.42. The van der Waals surface area contributed by atoms with Crippen LogP contribution < -0.4 is 0 Å². The second kappa shape index (κ2) is 7.72. The fraction of sp³-hybridized carbons (Fsp3) is 0.316. The third kappa shape index (κ3) is 4.40. The van der Waals surface area contributed by atoms with Gasteiger partial charge in [0.05, 0.1) is 11.5 Å². The summed E-state index contributed by atoms with van der Waals surface area (Å²) in [6.45, 7) is 2.34. The Balaban J connectivity index is 1.69. The second-order valence-electron chi connectivity index (χ2n) is 6.22. The summed E-state index contributed by atoms with van der Waals surface area (Å²) >= 11 is 1.51. The predicted octanol–water partition coefficient (Wildman–Crippen LogP) is 3.60. The van der Waals surface area contributed by atoms with Crippen LogP contribution in [0.15, 0.2) is 42.5 Å². The Hall–Kier alpha value is -1.99. The zero-order valence-electron chi connectivity index (χ0n) is 14.4. The number of benzene rings is 1. The van der Waals surface area contributed by atoms with Crippen molar-refractivity contribution in [1.82, 2.24) is 4.90 Å². The molecule has 0 radical (unpaired) electrons. The molecule has 1 fully saturated rings. The monoisotopic (exact) mass is 393 g/mol. The van der Waals surface area contributed by atoms with E-state index in [0.717, 1.165) is 15.3 Å². The van der Waals surface area contributed by atoms with E-state index in [1.165, 1.54) is 29.5 Å². The van der Waals surface area contributed by atoms with Gasteiger partial charge in [-0.05, 0) is 49.2 Å². The van der Waals surface area contributed by atoms with Crippen molar-refractivity contribution in [3.05, 3.63) is 53.2 Å². The molecule has 0 spiro atoms. The highest BCUT2D eigenvalue weighted by atomic mass is 32.2. The largest absolute Gasteiger partial charge is 0.335 e. The van der Waals surface area contributed by atoms with E-state index in [4.69, 9.17) is 0 Å². The fourth-order valence-electron chi connectivity index (χ4n) is 3.08. The lowest BCUT2D eigenvalue weighted by Crippen LogP contribution is -2.39. The molecule has 2 heterocycles. The Kier molecular flexibility index (Phi) is 5.58. The lowest BCUT2D eigenvalue weighted by molar-refractivity contribution is -0.127. The van der Waals surface area contributed by atoms with E-state index in [-0.39, 0.29) is 29.3 Å². The molecule has 7 heteroatoms. The number of hydrogen-bond donors (Lipinski definition) is 0. The van der Waals surface area contributed by atoms with Gasteiger partial charge in [0, 0.05) is 28.4 Å². The Morgan fingerprint density at radius 1 is 1.27 bits per heavy atom. The molecule has 26 heavy (non-hydrogen) atoms. The first-order valence-electron chi connectivity index (χ1n) is 8.43. The van der Waals surface area contributed by atoms with Crippen LogP contribution in [0.3, 0.4) is 0 Å². The van der Waals surface area contributed by atoms with E-state index < -0.39 is 9.84 Å². The number of halogens is 1. The van der Waals surface area contributed by atoms with Crippen molar-refractivity contribution in [1.29, 1.82) is 0 Å². The molecule has 1 unspecified atom stereocenters. The van der Waals surface area contributed by atoms with Crippen molar-refractivity contribution in [3.63, 3.8) is 0 Å². The molecule has 1 aliphatic rings. The number of hydrogen-bond acceptors (Lipinski definition) is 4. The van der Waals surface area contributed by atoms with Gasteiger partial charge in [-0.15, -0.1) is 11.3 Å². The average molecular weight is 394 g/mol. The summed E-state index contributed by atoms with van der Waals surface area (Å²) in [4.78, 5) is 16.0. The average Bonchev–Trinajstić information content (AvgIpc) is 3.21. The maximum absolute atomic E-state index is 13.0. The Morgan fingerprint density at radius 3 is 2.62 bits per heavy atom. The van der Waals surface area contributed by atoms with E-state index >= 15 is 0 Å². The van der Waals surface area contributed by atoms with Crippen LogP contribution in [0.5, 0.6) is 0 Å². The molecular weight excluding hydrogens is 373 g/mol. The van der Waals surface area contributed by atoms with Gasteiger partial charge in [0.2, 0.25) is 5.91 Å². The van der Waals surface area contributed by atoms with E-state index in [2.05, 4.69) is 0 Å². The molecule has 1 atom stereocenters. The third-order valence-corrected chi connectivity index (χ3v) is 7.27. The van der Waals surface area contributed by atoms with E-state index in [9.17, 15) is 17.6 Å². The molecule has 4 nitrogen and oxygen atoms in total. The van der Waals surface area contributed by atoms with Crippen LogP contribution in [-0.4, -0.2) is 43.3 Å². The molecule has 3 rings (SSSR count). The van der Waals surface area contributed by atoms with Gasteiger partial charge in [0.25, 0.3) is 0 Å². The summed E-state index contributed by atoms with van der Waals surface area (Å²) in [5, 5.41) is 0. The molecule has 1 aliphatic heterocycles. The maximum Gasteiger partial charge on any atom is 0.246 e. The first-order chi connectivity index (χ1) is 12.4. The van der Waals surface area contributed by atoms with Crippen molar-refractivity contribution in [2.45, 2.75) is 19.4 Å². The van der Waals surface area contributed by atoms with Gasteiger partial charge in [0.1, 0.15) is 5.82 Å². The van der Waals surface area contributed by atoms with Gasteiger partial charge in [-0.1, -0.05) is 12.1 Å². The molecule has 0 aliphatic carbocycles. The van der Waals surface area contributed by atoms with Crippen molar-refractivity contribution in [2.75, 3.05) is 18.1 Å². The number of carbonyl (C=O) groups excluding carboxylic acids is 1. The zero-order valence-corrected chi connectivity index (χ0v) is 16.0. The molecule has 1 amide bonds. The summed E-state index contributed by atoms with van der Waals surface area (Å²) in [5.74, 6) is -0.249. The van der Waals surface area contributed by atoms with Crippen LogP contribution in [0.2, 0.25) is 0 Å². The quantitative estimate of drug-likeness (QED) is 0.730. The topological polar surface area (TPSA) is 54.5 Å². The number of carbonyl (C=O) groups is 1. The number of nitrogens with zero attached hydrogens (tertiary/aromatic N) is 1. The lowest BCUT2D eigenvalue weighted by atomic mass is 10.2. The normalized spacial score (nSPS) is 19.1. The number of likely N-dealkylation sites (N-methyl/N-ethyl adjacent to an activating group) is 1. The summed E-state index contributed by atoms with van der Waals surface area (Å²) in [7, 11) is -3.02. The second-order valence-corrected chi connectivity index (χ2v) is 9.57. The Bertz CT molecular complexity index is 917. The summed E-state index contributed by atoms with van der Waals surface area (Å²) in [6.07, 6.45) is 3.74. The van der Waals surface area contributed by atoms with Crippen LogP contribution in [-0.2, 0) is 14.6 Å². The fourth-order valence-corrected chi connectivity index (χ4v) is 5.72. The number of amides is 1. The molecule has 1 saturated heterocycles. The number of rotatable bonds is 5. The van der Waals surface area contributed by atoms with Crippen LogP contribution in [0, 0.1) is 5.82 Å². The van der Waals surface area contributed by atoms with Gasteiger partial charge in [0.15, 0.2) is 9.84 Å². The van der Waals surface area contributed by atoms with Crippen LogP contribution >= 0.6 is 11.3 Å². The first kappa shape index (κ1) is 18.8. The van der Waals surface area contributed by atoms with E-state index in [1.54, 1.807) is 23.1 Å². The van der Waals surface area contributed by atoms with Gasteiger partial charge >= 0.3 is 0 Å². The number of sulfone groups is 1. The first-order valence-corrected chi connectivity index (χ1v) is 11.1. The van der Waals surface area contributed by atoms with Crippen molar-refractivity contribution in [3.8, 4) is 10.4 Å². The minimum absolute atomic E-state index is 0.0497. The highest BCUT2D eigenvalue weighted by Gasteiger charge is 2.33. The van der Waals surface area contributed by atoms with Crippen molar-refractivity contribution >= 4 is 33.2 Å². The SMILES string of the molecule is CCN(C(=O)C=Cc1ccc(-c2ccc(F)cc2)s1)C1CCS(=O)(=O)C1. The molecular formula is C19H20FNO3S2. The number of thiophene rings is 1. The molecule has 1 aromatic heterocycles. The highest BCUT2D eigenvalue weighted by molar-refractivity contribution is 7.91. The van der Waals surface area contributed by atoms with E-state index in [0.29, 0.717) is 13.0 Å². The highest BCUT2D eigenvalue weighted by Crippen LogP contribution is 2.29. The maximum atomic E-state index is 13.0. The van der Waals surface area contributed by atoms with E-state index in [1.807, 2.05) is 19.1 Å². The minimum Gasteiger partial charge on any atom is -0.335 e. The molecule has 0 saturated carbocycles. The molecule has 0 bridgehead atoms. The molecule has 0 N–H and O–H groups in total. The van der Waals surface area contributed by atoms with Gasteiger partial charge in [-0.25, -0.2) is 12.8 Å². The van der Waals surface area contributed by atoms with Crippen LogP contribution in [0.25, 0.3) is 16.5 Å². The van der Waals surface area contributed by atoms with Gasteiger partial charge < -0.3 is 4.90 Å². The van der Waals surface area contributed by atoms with Crippen LogP contribution in [0.1, 0.15) is 18.2 Å². The summed E-state index contributed by atoms with van der Waals surface area (Å²) in [5.41, 5.74) is 0.925. The summed E-state index contributed by atoms with van der Waals surface area (Å²) < 4.78 is 36.3. The molecule has 138 valence electrons. The Morgan fingerprint density at radius 2 is 2.00 bits per heavy atom. The van der Waals surface area contributed by atoms with Crippen molar-refractivity contribution in [2.24, 2.45) is 0 Å². The molecule has 2 aromatic rings.